The number of hydrogen-bond acceptors (Lipinski definition) is 8. The number of benzene rings is 1. The largest absolute Gasteiger partial charge is 0.377 e. The molecule has 5 rings (SSSR count). The number of nitrogens with one attached hydrogen (secondary N) is 1. The SMILES string of the molecule is Cc1cc(C(C)Nc2ccc(Cl)nc2-c2nnn(C)n2)c2c(c1)c(=O)n(C)c1c(C(=O)N(C)C)ncn21. The number of nitrogens with zero attached hydrogens (tertiary/aromatic N) is 9. The van der Waals surface area contributed by atoms with Gasteiger partial charge >= 0.3 is 0 Å². The average molecular weight is 521 g/mol. The van der Waals surface area contributed by atoms with Gasteiger partial charge < -0.3 is 10.2 Å². The summed E-state index contributed by atoms with van der Waals surface area (Å²) in [5.41, 5.74) is 3.93. The van der Waals surface area contributed by atoms with Gasteiger partial charge in [-0.15, -0.1) is 10.2 Å². The Hall–Kier alpha value is -4.32. The van der Waals surface area contributed by atoms with Crippen molar-refractivity contribution in [2.24, 2.45) is 14.1 Å². The molecule has 4 aromatic heterocycles. The van der Waals surface area contributed by atoms with Gasteiger partial charge in [0.15, 0.2) is 11.3 Å². The number of rotatable bonds is 5. The van der Waals surface area contributed by atoms with Crippen LogP contribution in [0.2, 0.25) is 5.15 Å². The van der Waals surface area contributed by atoms with Crippen LogP contribution in [0.3, 0.4) is 0 Å². The molecule has 0 bridgehead atoms. The van der Waals surface area contributed by atoms with Gasteiger partial charge in [-0.05, 0) is 48.4 Å². The normalized spacial score (nSPS) is 12.3. The summed E-state index contributed by atoms with van der Waals surface area (Å²) in [4.78, 5) is 37.9. The van der Waals surface area contributed by atoms with Gasteiger partial charge in [-0.25, -0.2) is 9.97 Å². The summed E-state index contributed by atoms with van der Waals surface area (Å²) in [5, 5.41) is 16.5. The van der Waals surface area contributed by atoms with Gasteiger partial charge in [0, 0.05) is 21.1 Å². The smallest absolute Gasteiger partial charge is 0.275 e. The van der Waals surface area contributed by atoms with Crippen molar-refractivity contribution < 1.29 is 4.79 Å². The van der Waals surface area contributed by atoms with Gasteiger partial charge in [-0.1, -0.05) is 17.7 Å². The molecule has 1 N–H and O–H groups in total. The molecule has 4 heterocycles. The van der Waals surface area contributed by atoms with Crippen LogP contribution in [0.5, 0.6) is 0 Å². The van der Waals surface area contributed by atoms with E-state index in [-0.39, 0.29) is 23.2 Å². The van der Waals surface area contributed by atoms with Crippen LogP contribution in [-0.2, 0) is 14.1 Å². The van der Waals surface area contributed by atoms with Crippen LogP contribution in [0.15, 0.2) is 35.4 Å². The maximum atomic E-state index is 13.5. The Morgan fingerprint density at radius 1 is 1.19 bits per heavy atom. The Morgan fingerprint density at radius 2 is 1.95 bits per heavy atom. The summed E-state index contributed by atoms with van der Waals surface area (Å²) in [6, 6.07) is 7.03. The fraction of sp³-hybridized carbons (Fsp3) is 0.292. The second-order valence-electron chi connectivity index (χ2n) is 9.10. The van der Waals surface area contributed by atoms with E-state index >= 15 is 0 Å². The number of tetrazole rings is 1. The second kappa shape index (κ2) is 8.96. The highest BCUT2D eigenvalue weighted by atomic mass is 35.5. The molecule has 0 fully saturated rings. The molecule has 5 aromatic rings. The molecule has 37 heavy (non-hydrogen) atoms. The highest BCUT2D eigenvalue weighted by Gasteiger charge is 2.24. The van der Waals surface area contributed by atoms with E-state index in [2.05, 4.69) is 30.7 Å². The van der Waals surface area contributed by atoms with E-state index in [1.54, 1.807) is 51.1 Å². The molecule has 1 amide bonds. The summed E-state index contributed by atoms with van der Waals surface area (Å²) in [5.74, 6) is 0.0385. The zero-order valence-corrected chi connectivity index (χ0v) is 21.9. The van der Waals surface area contributed by atoms with Crippen LogP contribution < -0.4 is 10.9 Å². The van der Waals surface area contributed by atoms with Crippen molar-refractivity contribution in [3.8, 4) is 11.5 Å². The number of carbonyl (C=O) groups excluding carboxylic acids is 1. The summed E-state index contributed by atoms with van der Waals surface area (Å²) < 4.78 is 3.26. The number of fused-ring (bicyclic) bond motifs is 3. The Kier molecular flexibility index (Phi) is 5.91. The first kappa shape index (κ1) is 24.4. The minimum absolute atomic E-state index is 0.205. The highest BCUT2D eigenvalue weighted by Crippen LogP contribution is 2.32. The van der Waals surface area contributed by atoms with Crippen LogP contribution >= 0.6 is 11.6 Å². The van der Waals surface area contributed by atoms with Crippen molar-refractivity contribution in [1.29, 1.82) is 0 Å². The predicted octanol–water partition coefficient (Wildman–Crippen LogP) is 2.61. The van der Waals surface area contributed by atoms with Crippen molar-refractivity contribution >= 4 is 39.7 Å². The van der Waals surface area contributed by atoms with E-state index in [9.17, 15) is 9.59 Å². The van der Waals surface area contributed by atoms with E-state index in [1.165, 1.54) is 14.3 Å². The van der Waals surface area contributed by atoms with Crippen molar-refractivity contribution in [2.75, 3.05) is 19.4 Å². The van der Waals surface area contributed by atoms with E-state index in [1.807, 2.05) is 26.0 Å². The molecular weight excluding hydrogens is 496 g/mol. The van der Waals surface area contributed by atoms with Crippen molar-refractivity contribution in [3.05, 3.63) is 62.9 Å². The molecule has 0 radical (unpaired) electrons. The predicted molar refractivity (Wildman–Crippen MR) is 140 cm³/mol. The number of hydrogen-bond donors (Lipinski definition) is 1. The molecule has 0 saturated heterocycles. The first-order chi connectivity index (χ1) is 17.6. The Bertz CT molecular complexity index is 1750. The number of carbonyl (C=O) groups is 1. The lowest BCUT2D eigenvalue weighted by molar-refractivity contribution is 0.0824. The lowest BCUT2D eigenvalue weighted by atomic mass is 10.0. The van der Waals surface area contributed by atoms with Gasteiger partial charge in [0.25, 0.3) is 11.5 Å². The van der Waals surface area contributed by atoms with Crippen LogP contribution in [0.25, 0.3) is 28.1 Å². The topological polar surface area (TPSA) is 128 Å². The minimum atomic E-state index is -0.300. The van der Waals surface area contributed by atoms with Gasteiger partial charge in [-0.2, -0.15) is 4.80 Å². The molecule has 0 spiro atoms. The maximum absolute atomic E-state index is 13.5. The van der Waals surface area contributed by atoms with Crippen LogP contribution in [-0.4, -0.2) is 64.0 Å². The quantitative estimate of drug-likeness (QED) is 0.350. The third-order valence-corrected chi connectivity index (χ3v) is 6.36. The zero-order valence-electron chi connectivity index (χ0n) is 21.2. The first-order valence-corrected chi connectivity index (χ1v) is 11.8. The van der Waals surface area contributed by atoms with Crippen LogP contribution in [0, 0.1) is 6.92 Å². The molecule has 0 saturated carbocycles. The lowest BCUT2D eigenvalue weighted by Crippen LogP contribution is -2.26. The highest BCUT2D eigenvalue weighted by molar-refractivity contribution is 6.29. The lowest BCUT2D eigenvalue weighted by Gasteiger charge is -2.21. The fourth-order valence-corrected chi connectivity index (χ4v) is 4.59. The number of imidazole rings is 1. The molecular formula is C24H25ClN10O2. The monoisotopic (exact) mass is 520 g/mol. The van der Waals surface area contributed by atoms with Gasteiger partial charge in [-0.3, -0.25) is 18.6 Å². The van der Waals surface area contributed by atoms with E-state index in [0.29, 0.717) is 38.9 Å². The zero-order chi connectivity index (χ0) is 26.6. The summed E-state index contributed by atoms with van der Waals surface area (Å²) in [6.07, 6.45) is 1.58. The number of anilines is 1. The molecule has 0 aliphatic heterocycles. The molecule has 190 valence electrons. The molecule has 13 heteroatoms. The number of halogens is 1. The van der Waals surface area contributed by atoms with Crippen LogP contribution in [0.1, 0.15) is 34.6 Å². The third kappa shape index (κ3) is 4.08. The summed E-state index contributed by atoms with van der Waals surface area (Å²) >= 11 is 6.17. The first-order valence-electron chi connectivity index (χ1n) is 11.5. The number of pyridine rings is 1. The molecule has 0 aliphatic rings. The van der Waals surface area contributed by atoms with Crippen LogP contribution in [0.4, 0.5) is 5.69 Å². The summed E-state index contributed by atoms with van der Waals surface area (Å²) in [6.45, 7) is 3.91. The van der Waals surface area contributed by atoms with Crippen molar-refractivity contribution in [2.45, 2.75) is 19.9 Å². The van der Waals surface area contributed by atoms with Gasteiger partial charge in [0.2, 0.25) is 5.82 Å². The standard InChI is InChI=1S/C24H25ClN10O2/c1-12-9-14(13(2)27-16-7-8-17(25)28-18(16)21-29-31-34(6)30-21)20-15(10-12)23(36)33(5)22-19(24(37)32(3)4)26-11-35(20)22/h7-11,13,27H,1-6H3. The van der Waals surface area contributed by atoms with E-state index in [4.69, 9.17) is 11.6 Å². The minimum Gasteiger partial charge on any atom is -0.377 e. The van der Waals surface area contributed by atoms with Crippen molar-refractivity contribution in [3.63, 3.8) is 0 Å². The molecule has 1 aromatic carbocycles. The molecule has 0 aliphatic carbocycles. The Balaban J connectivity index is 1.71. The number of aryl methyl sites for hydroxylation is 3. The fourth-order valence-electron chi connectivity index (χ4n) is 4.45. The maximum Gasteiger partial charge on any atom is 0.275 e. The molecule has 1 atom stereocenters. The second-order valence-corrected chi connectivity index (χ2v) is 9.49. The number of amides is 1. The third-order valence-electron chi connectivity index (χ3n) is 6.15. The van der Waals surface area contributed by atoms with Crippen molar-refractivity contribution in [1.82, 2.24) is 44.0 Å². The Labute approximate surface area is 216 Å². The van der Waals surface area contributed by atoms with Gasteiger partial charge in [0.1, 0.15) is 17.2 Å². The molecule has 1 unspecified atom stereocenters. The van der Waals surface area contributed by atoms with Gasteiger partial charge in [0.05, 0.1) is 29.7 Å². The Morgan fingerprint density at radius 3 is 2.62 bits per heavy atom. The molecule has 12 nitrogen and oxygen atoms in total. The van der Waals surface area contributed by atoms with E-state index in [0.717, 1.165) is 11.1 Å². The average Bonchev–Trinajstić information content (AvgIpc) is 3.49. The van der Waals surface area contributed by atoms with E-state index < -0.39 is 0 Å². The number of aromatic nitrogens is 8. The summed E-state index contributed by atoms with van der Waals surface area (Å²) in [7, 11) is 6.62.